The van der Waals surface area contributed by atoms with Crippen LogP contribution in [0.5, 0.6) is 0 Å². The highest BCUT2D eigenvalue weighted by Crippen LogP contribution is 2.36. The molecule has 0 spiro atoms. The van der Waals surface area contributed by atoms with E-state index in [4.69, 9.17) is 0 Å². The summed E-state index contributed by atoms with van der Waals surface area (Å²) in [6.07, 6.45) is 2.47. The molecule has 1 fully saturated rings. The Bertz CT molecular complexity index is 484. The van der Waals surface area contributed by atoms with Gasteiger partial charge in [0.1, 0.15) is 0 Å². The number of likely N-dealkylation sites (tertiary alicyclic amines) is 1. The lowest BCUT2D eigenvalue weighted by Crippen LogP contribution is -2.34. The minimum absolute atomic E-state index is 0.529. The summed E-state index contributed by atoms with van der Waals surface area (Å²) in [5.41, 5.74) is 1.91. The number of carboxylic acid groups (broad SMARTS) is 1. The van der Waals surface area contributed by atoms with Crippen LogP contribution in [0.2, 0.25) is 0 Å². The summed E-state index contributed by atoms with van der Waals surface area (Å²) in [5.74, 6) is -0.630. The van der Waals surface area contributed by atoms with E-state index < -0.39 is 11.4 Å². The van der Waals surface area contributed by atoms with E-state index in [0.29, 0.717) is 6.54 Å². The second-order valence-corrected chi connectivity index (χ2v) is 6.36. The molecule has 1 aromatic carbocycles. The van der Waals surface area contributed by atoms with Crippen molar-refractivity contribution in [1.82, 2.24) is 4.90 Å². The molecular weight excluding hydrogens is 264 g/mol. The Morgan fingerprint density at radius 2 is 2.00 bits per heavy atom. The van der Waals surface area contributed by atoms with Gasteiger partial charge >= 0.3 is 5.97 Å². The first kappa shape index (κ1) is 15.8. The lowest BCUT2D eigenvalue weighted by molar-refractivity contribution is -0.148. The van der Waals surface area contributed by atoms with Crippen LogP contribution in [0.1, 0.15) is 31.7 Å². The summed E-state index contributed by atoms with van der Waals surface area (Å²) in [5, 5.41) is 9.54. The van der Waals surface area contributed by atoms with Crippen LogP contribution in [0, 0.1) is 5.41 Å². The van der Waals surface area contributed by atoms with Crippen molar-refractivity contribution < 1.29 is 9.90 Å². The zero-order chi connectivity index (χ0) is 15.5. The molecule has 0 saturated carbocycles. The molecule has 0 aliphatic carbocycles. The van der Waals surface area contributed by atoms with Crippen LogP contribution in [0.3, 0.4) is 0 Å². The third-order valence-electron chi connectivity index (χ3n) is 4.47. The second kappa shape index (κ2) is 6.48. The molecule has 4 heteroatoms. The Morgan fingerprint density at radius 1 is 1.33 bits per heavy atom. The van der Waals surface area contributed by atoms with Crippen molar-refractivity contribution in [1.29, 1.82) is 0 Å². The molecule has 1 aliphatic rings. The quantitative estimate of drug-likeness (QED) is 0.875. The monoisotopic (exact) mass is 290 g/mol. The van der Waals surface area contributed by atoms with Gasteiger partial charge in [-0.2, -0.15) is 0 Å². The van der Waals surface area contributed by atoms with Gasteiger partial charge in [-0.05, 0) is 37.1 Å². The van der Waals surface area contributed by atoms with E-state index in [-0.39, 0.29) is 0 Å². The molecule has 21 heavy (non-hydrogen) atoms. The van der Waals surface area contributed by atoms with Gasteiger partial charge in [-0.15, -0.1) is 0 Å². The van der Waals surface area contributed by atoms with Crippen molar-refractivity contribution in [3.8, 4) is 0 Å². The first-order chi connectivity index (χ1) is 9.97. The number of carbonyl (C=O) groups is 1. The molecule has 0 amide bonds. The van der Waals surface area contributed by atoms with Crippen molar-refractivity contribution in [3.63, 3.8) is 0 Å². The minimum atomic E-state index is -0.630. The first-order valence-corrected chi connectivity index (χ1v) is 7.69. The fourth-order valence-electron chi connectivity index (χ4n) is 3.22. The largest absolute Gasteiger partial charge is 0.481 e. The number of rotatable bonds is 6. The molecule has 1 saturated heterocycles. The number of hydrogen-bond acceptors (Lipinski definition) is 3. The fraction of sp³-hybridized carbons (Fsp3) is 0.588. The van der Waals surface area contributed by atoms with Crippen molar-refractivity contribution in [2.24, 2.45) is 5.41 Å². The van der Waals surface area contributed by atoms with Crippen LogP contribution >= 0.6 is 0 Å². The fourth-order valence-corrected chi connectivity index (χ4v) is 3.22. The van der Waals surface area contributed by atoms with Gasteiger partial charge in [-0.25, -0.2) is 0 Å². The Morgan fingerprint density at radius 3 is 2.52 bits per heavy atom. The van der Waals surface area contributed by atoms with E-state index in [1.807, 2.05) is 14.1 Å². The van der Waals surface area contributed by atoms with E-state index in [9.17, 15) is 9.90 Å². The van der Waals surface area contributed by atoms with E-state index in [0.717, 1.165) is 32.4 Å². The average molecular weight is 290 g/mol. The third-order valence-corrected chi connectivity index (χ3v) is 4.47. The Labute approximate surface area is 127 Å². The number of hydrogen-bond donors (Lipinski definition) is 1. The molecule has 116 valence electrons. The lowest BCUT2D eigenvalue weighted by atomic mass is 9.83. The molecule has 1 heterocycles. The van der Waals surface area contributed by atoms with Crippen LogP contribution in [0.15, 0.2) is 24.3 Å². The highest BCUT2D eigenvalue weighted by atomic mass is 16.4. The summed E-state index contributed by atoms with van der Waals surface area (Å²) in [6, 6.07) is 8.50. The molecule has 0 radical (unpaired) electrons. The van der Waals surface area contributed by atoms with E-state index >= 15 is 0 Å². The molecule has 1 N–H and O–H groups in total. The normalized spacial score (nSPS) is 22.4. The lowest BCUT2D eigenvalue weighted by Gasteiger charge is -2.24. The van der Waals surface area contributed by atoms with Gasteiger partial charge in [-0.3, -0.25) is 9.69 Å². The topological polar surface area (TPSA) is 43.8 Å². The zero-order valence-corrected chi connectivity index (χ0v) is 13.3. The Balaban J connectivity index is 2.00. The van der Waals surface area contributed by atoms with Crippen LogP contribution < -0.4 is 4.90 Å². The molecule has 0 aromatic heterocycles. The highest BCUT2D eigenvalue weighted by molar-refractivity contribution is 5.75. The van der Waals surface area contributed by atoms with Gasteiger partial charge in [0.25, 0.3) is 0 Å². The van der Waals surface area contributed by atoms with Gasteiger partial charge < -0.3 is 10.0 Å². The number of benzene rings is 1. The molecule has 0 bridgehead atoms. The third kappa shape index (κ3) is 3.56. The van der Waals surface area contributed by atoms with Gasteiger partial charge in [0.05, 0.1) is 5.41 Å². The number of anilines is 1. The van der Waals surface area contributed by atoms with Gasteiger partial charge in [0.15, 0.2) is 0 Å². The number of nitrogens with zero attached hydrogens (tertiary/aromatic N) is 2. The maximum absolute atomic E-state index is 11.6. The zero-order valence-electron chi connectivity index (χ0n) is 13.3. The summed E-state index contributed by atoms with van der Waals surface area (Å²) in [7, 11) is 4.06. The van der Waals surface area contributed by atoms with Crippen LogP contribution in [0.4, 0.5) is 5.69 Å². The van der Waals surface area contributed by atoms with Crippen molar-refractivity contribution in [3.05, 3.63) is 29.8 Å². The van der Waals surface area contributed by atoms with Crippen LogP contribution in [-0.2, 0) is 11.3 Å². The highest BCUT2D eigenvalue weighted by Gasteiger charge is 2.43. The average Bonchev–Trinajstić information content (AvgIpc) is 2.84. The van der Waals surface area contributed by atoms with Crippen molar-refractivity contribution in [2.75, 3.05) is 32.1 Å². The van der Waals surface area contributed by atoms with Gasteiger partial charge in [0, 0.05) is 32.9 Å². The molecule has 1 aliphatic heterocycles. The molecule has 1 atom stereocenters. The van der Waals surface area contributed by atoms with Crippen LogP contribution in [-0.4, -0.2) is 43.2 Å². The molecule has 4 nitrogen and oxygen atoms in total. The summed E-state index contributed by atoms with van der Waals surface area (Å²) >= 11 is 0. The standard InChI is InChI=1S/C17H26N2O2/c1-4-9-17(16(20)21)10-11-19(13-17)12-14-5-7-15(8-6-14)18(2)3/h5-8H,4,9-13H2,1-3H3,(H,20,21). The number of carboxylic acids is 1. The van der Waals surface area contributed by atoms with E-state index in [1.54, 1.807) is 0 Å². The van der Waals surface area contributed by atoms with Gasteiger partial charge in [0.2, 0.25) is 0 Å². The summed E-state index contributed by atoms with van der Waals surface area (Å²) in [4.78, 5) is 16.0. The summed E-state index contributed by atoms with van der Waals surface area (Å²) < 4.78 is 0. The van der Waals surface area contributed by atoms with Crippen LogP contribution in [0.25, 0.3) is 0 Å². The summed E-state index contributed by atoms with van der Waals surface area (Å²) in [6.45, 7) is 4.45. The predicted octanol–water partition coefficient (Wildman–Crippen LogP) is 2.83. The molecule has 2 rings (SSSR count). The van der Waals surface area contributed by atoms with E-state index in [1.165, 1.54) is 11.3 Å². The maximum Gasteiger partial charge on any atom is 0.310 e. The Hall–Kier alpha value is -1.55. The second-order valence-electron chi connectivity index (χ2n) is 6.36. The minimum Gasteiger partial charge on any atom is -0.481 e. The Kier molecular flexibility index (Phi) is 4.88. The maximum atomic E-state index is 11.6. The van der Waals surface area contributed by atoms with E-state index in [2.05, 4.69) is 41.0 Å². The van der Waals surface area contributed by atoms with Gasteiger partial charge in [-0.1, -0.05) is 25.5 Å². The molecular formula is C17H26N2O2. The predicted molar refractivity (Wildman–Crippen MR) is 85.6 cm³/mol. The molecule has 1 unspecified atom stereocenters. The first-order valence-electron chi connectivity index (χ1n) is 7.69. The smallest absolute Gasteiger partial charge is 0.310 e. The SMILES string of the molecule is CCCC1(C(=O)O)CCN(Cc2ccc(N(C)C)cc2)C1. The van der Waals surface area contributed by atoms with Crippen molar-refractivity contribution >= 4 is 11.7 Å². The molecule has 1 aromatic rings. The van der Waals surface area contributed by atoms with Crippen molar-refractivity contribution in [2.45, 2.75) is 32.7 Å². The number of aliphatic carboxylic acids is 1.